The van der Waals surface area contributed by atoms with E-state index in [9.17, 15) is 9.59 Å². The predicted octanol–water partition coefficient (Wildman–Crippen LogP) is 3.90. The molecule has 1 heterocycles. The van der Waals surface area contributed by atoms with Gasteiger partial charge in [0, 0.05) is 12.1 Å². The summed E-state index contributed by atoms with van der Waals surface area (Å²) in [5.41, 5.74) is 1.93. The fourth-order valence-electron chi connectivity index (χ4n) is 3.31. The Bertz CT molecular complexity index is 1070. The Balaban J connectivity index is 1.50. The molecule has 0 fully saturated rings. The molecule has 4 rings (SSSR count). The number of amides is 2. The average Bonchev–Trinajstić information content (AvgIpc) is 2.82. The second-order valence-corrected chi connectivity index (χ2v) is 7.41. The van der Waals surface area contributed by atoms with Gasteiger partial charge >= 0.3 is 0 Å². The van der Waals surface area contributed by atoms with E-state index in [2.05, 4.69) is 10.6 Å². The van der Waals surface area contributed by atoms with Crippen molar-refractivity contribution in [3.8, 4) is 11.5 Å². The Kier molecular flexibility index (Phi) is 6.38. The largest absolute Gasteiger partial charge is 0.486 e. The molecule has 2 N–H and O–H groups in total. The number of carbonyl (C=O) groups excluding carboxylic acids is 2. The number of hydrogen-bond acceptors (Lipinski definition) is 4. The standard InChI is InChI=1S/C24H21ClN2O4/c25-19-13-16(14-20-22(19)31-12-11-30-20)15-26-24(29)21(17-7-3-1-4-8-17)27-23(28)18-9-5-2-6-10-18/h1-10,13-14,21H,11-12,15H2,(H,26,29)(H,27,28). The molecule has 6 nitrogen and oxygen atoms in total. The van der Waals surface area contributed by atoms with Crippen molar-refractivity contribution >= 4 is 23.4 Å². The summed E-state index contributed by atoms with van der Waals surface area (Å²) in [7, 11) is 0. The zero-order valence-corrected chi connectivity index (χ0v) is 17.4. The van der Waals surface area contributed by atoms with Gasteiger partial charge in [0.25, 0.3) is 5.91 Å². The van der Waals surface area contributed by atoms with Gasteiger partial charge < -0.3 is 20.1 Å². The highest BCUT2D eigenvalue weighted by Gasteiger charge is 2.24. The normalized spacial score (nSPS) is 13.2. The molecule has 0 radical (unpaired) electrons. The summed E-state index contributed by atoms with van der Waals surface area (Å²) in [5.74, 6) is 0.411. The lowest BCUT2D eigenvalue weighted by molar-refractivity contribution is -0.123. The maximum Gasteiger partial charge on any atom is 0.252 e. The third kappa shape index (κ3) is 4.98. The van der Waals surface area contributed by atoms with Crippen molar-refractivity contribution in [2.75, 3.05) is 13.2 Å². The van der Waals surface area contributed by atoms with Crippen LogP contribution in [-0.2, 0) is 11.3 Å². The molecule has 0 saturated carbocycles. The van der Waals surface area contributed by atoms with Gasteiger partial charge in [-0.3, -0.25) is 9.59 Å². The van der Waals surface area contributed by atoms with Gasteiger partial charge in [-0.1, -0.05) is 60.1 Å². The summed E-state index contributed by atoms with van der Waals surface area (Å²) < 4.78 is 11.1. The fraction of sp³-hybridized carbons (Fsp3) is 0.167. The van der Waals surface area contributed by atoms with Crippen molar-refractivity contribution in [2.24, 2.45) is 0 Å². The molecule has 0 bridgehead atoms. The van der Waals surface area contributed by atoms with Gasteiger partial charge in [-0.25, -0.2) is 0 Å². The van der Waals surface area contributed by atoms with Gasteiger partial charge in [-0.15, -0.1) is 0 Å². The number of fused-ring (bicyclic) bond motifs is 1. The lowest BCUT2D eigenvalue weighted by Gasteiger charge is -2.21. The lowest BCUT2D eigenvalue weighted by atomic mass is 10.0. The van der Waals surface area contributed by atoms with E-state index in [-0.39, 0.29) is 18.4 Å². The van der Waals surface area contributed by atoms with Crippen LogP contribution in [0.25, 0.3) is 0 Å². The Morgan fingerprint density at radius 2 is 1.61 bits per heavy atom. The minimum Gasteiger partial charge on any atom is -0.486 e. The number of rotatable bonds is 6. The molecule has 3 aromatic carbocycles. The number of hydrogen-bond donors (Lipinski definition) is 2. The van der Waals surface area contributed by atoms with E-state index in [1.807, 2.05) is 24.3 Å². The van der Waals surface area contributed by atoms with E-state index in [0.717, 1.165) is 5.56 Å². The maximum atomic E-state index is 13.0. The Morgan fingerprint density at radius 3 is 2.35 bits per heavy atom. The van der Waals surface area contributed by atoms with Crippen LogP contribution in [-0.4, -0.2) is 25.0 Å². The number of benzene rings is 3. The molecule has 1 aliphatic heterocycles. The van der Waals surface area contributed by atoms with Crippen molar-refractivity contribution < 1.29 is 19.1 Å². The van der Waals surface area contributed by atoms with Crippen LogP contribution < -0.4 is 20.1 Å². The van der Waals surface area contributed by atoms with Gasteiger partial charge in [0.15, 0.2) is 11.5 Å². The summed E-state index contributed by atoms with van der Waals surface area (Å²) >= 11 is 6.28. The van der Waals surface area contributed by atoms with Crippen molar-refractivity contribution in [3.63, 3.8) is 0 Å². The predicted molar refractivity (Wildman–Crippen MR) is 117 cm³/mol. The van der Waals surface area contributed by atoms with Crippen LogP contribution in [0, 0.1) is 0 Å². The van der Waals surface area contributed by atoms with Crippen molar-refractivity contribution in [1.29, 1.82) is 0 Å². The first kappa shape index (κ1) is 20.8. The zero-order valence-electron chi connectivity index (χ0n) is 16.6. The molecule has 158 valence electrons. The zero-order chi connectivity index (χ0) is 21.6. The summed E-state index contributed by atoms with van der Waals surface area (Å²) in [6.07, 6.45) is 0. The highest BCUT2D eigenvalue weighted by molar-refractivity contribution is 6.32. The monoisotopic (exact) mass is 436 g/mol. The van der Waals surface area contributed by atoms with Crippen LogP contribution >= 0.6 is 11.6 Å². The number of halogens is 1. The van der Waals surface area contributed by atoms with Gasteiger partial charge in [-0.2, -0.15) is 0 Å². The van der Waals surface area contributed by atoms with Crippen molar-refractivity contribution in [2.45, 2.75) is 12.6 Å². The smallest absolute Gasteiger partial charge is 0.252 e. The van der Waals surface area contributed by atoms with E-state index in [4.69, 9.17) is 21.1 Å². The van der Waals surface area contributed by atoms with Crippen LogP contribution in [0.2, 0.25) is 5.02 Å². The molecule has 1 aliphatic rings. The molecule has 1 unspecified atom stereocenters. The van der Waals surface area contributed by atoms with Crippen LogP contribution in [0.3, 0.4) is 0 Å². The summed E-state index contributed by atoms with van der Waals surface area (Å²) in [4.78, 5) is 25.7. The van der Waals surface area contributed by atoms with E-state index in [1.165, 1.54) is 0 Å². The SMILES string of the molecule is O=C(NC(C(=O)NCc1cc(Cl)c2c(c1)OCCO2)c1ccccc1)c1ccccc1. The number of carbonyl (C=O) groups is 2. The molecule has 3 aromatic rings. The molecule has 1 atom stereocenters. The number of ether oxygens (including phenoxy) is 2. The summed E-state index contributed by atoms with van der Waals surface area (Å²) in [6, 6.07) is 20.6. The molecule has 0 aliphatic carbocycles. The average molecular weight is 437 g/mol. The van der Waals surface area contributed by atoms with Crippen LogP contribution in [0.5, 0.6) is 11.5 Å². The first-order chi connectivity index (χ1) is 15.1. The Morgan fingerprint density at radius 1 is 0.935 bits per heavy atom. The quantitative estimate of drug-likeness (QED) is 0.614. The van der Waals surface area contributed by atoms with Gasteiger partial charge in [0.2, 0.25) is 5.91 Å². The first-order valence-electron chi connectivity index (χ1n) is 9.88. The minimum absolute atomic E-state index is 0.222. The molecule has 7 heteroatoms. The highest BCUT2D eigenvalue weighted by atomic mass is 35.5. The first-order valence-corrected chi connectivity index (χ1v) is 10.3. The third-order valence-electron chi connectivity index (χ3n) is 4.83. The van der Waals surface area contributed by atoms with Gasteiger partial charge in [0.1, 0.15) is 19.3 Å². The van der Waals surface area contributed by atoms with Crippen molar-refractivity contribution in [3.05, 3.63) is 94.5 Å². The van der Waals surface area contributed by atoms with Crippen molar-refractivity contribution in [1.82, 2.24) is 10.6 Å². The molecule has 0 aromatic heterocycles. The molecule has 2 amide bonds. The number of nitrogens with one attached hydrogen (secondary N) is 2. The Hall–Kier alpha value is -3.51. The molecular weight excluding hydrogens is 416 g/mol. The van der Waals surface area contributed by atoms with Crippen LogP contribution in [0.15, 0.2) is 72.8 Å². The van der Waals surface area contributed by atoms with Crippen LogP contribution in [0.1, 0.15) is 27.5 Å². The topological polar surface area (TPSA) is 76.7 Å². The molecular formula is C24H21ClN2O4. The van der Waals surface area contributed by atoms with E-state index < -0.39 is 6.04 Å². The lowest BCUT2D eigenvalue weighted by Crippen LogP contribution is -2.40. The molecule has 0 saturated heterocycles. The Labute approximate surface area is 185 Å². The van der Waals surface area contributed by atoms with Gasteiger partial charge in [-0.05, 0) is 35.4 Å². The van der Waals surface area contributed by atoms with Gasteiger partial charge in [0.05, 0.1) is 5.02 Å². The molecule has 31 heavy (non-hydrogen) atoms. The molecule has 0 spiro atoms. The second-order valence-electron chi connectivity index (χ2n) is 7.00. The summed E-state index contributed by atoms with van der Waals surface area (Å²) in [6.45, 7) is 1.11. The highest BCUT2D eigenvalue weighted by Crippen LogP contribution is 2.38. The second kappa shape index (κ2) is 9.53. The van der Waals surface area contributed by atoms with Crippen LogP contribution in [0.4, 0.5) is 0 Å². The fourth-order valence-corrected chi connectivity index (χ4v) is 3.60. The van der Waals surface area contributed by atoms with E-state index in [1.54, 1.807) is 48.5 Å². The third-order valence-corrected chi connectivity index (χ3v) is 5.11. The van der Waals surface area contributed by atoms with E-state index >= 15 is 0 Å². The minimum atomic E-state index is -0.846. The summed E-state index contributed by atoms with van der Waals surface area (Å²) in [5, 5.41) is 6.13. The van der Waals surface area contributed by atoms with E-state index in [0.29, 0.717) is 40.9 Å². The maximum absolute atomic E-state index is 13.0.